The molecule has 0 aliphatic heterocycles. The van der Waals surface area contributed by atoms with Crippen LogP contribution in [0.25, 0.3) is 0 Å². The van der Waals surface area contributed by atoms with Crippen LogP contribution in [-0.4, -0.2) is 39.7 Å². The molecule has 0 radical (unpaired) electrons. The number of urea groups is 1. The predicted molar refractivity (Wildman–Crippen MR) is 96.3 cm³/mol. The van der Waals surface area contributed by atoms with Gasteiger partial charge in [0.25, 0.3) is 0 Å². The van der Waals surface area contributed by atoms with E-state index in [9.17, 15) is 9.00 Å². The molecule has 0 heterocycles. The van der Waals surface area contributed by atoms with Crippen molar-refractivity contribution in [3.05, 3.63) is 60.2 Å². The maximum absolute atomic E-state index is 12.5. The molecule has 0 saturated heterocycles. The van der Waals surface area contributed by atoms with E-state index in [2.05, 4.69) is 5.32 Å². The molecule has 6 heteroatoms. The molecule has 0 aliphatic rings. The van der Waals surface area contributed by atoms with Crippen molar-refractivity contribution in [1.82, 2.24) is 4.90 Å². The summed E-state index contributed by atoms with van der Waals surface area (Å²) in [5.41, 5.74) is 1.68. The number of benzene rings is 2. The number of rotatable bonds is 7. The van der Waals surface area contributed by atoms with Crippen LogP contribution in [0.2, 0.25) is 0 Å². The SMILES string of the molecule is C[S@](=O)c1ccc(NC(=O)N(CCCO)Cc2ccccc2)cc1. The lowest BCUT2D eigenvalue weighted by molar-refractivity contribution is 0.199. The molecule has 0 fully saturated rings. The molecule has 0 aliphatic carbocycles. The molecule has 2 rings (SSSR count). The van der Waals surface area contributed by atoms with Crippen LogP contribution in [0.15, 0.2) is 59.5 Å². The lowest BCUT2D eigenvalue weighted by Gasteiger charge is -2.23. The van der Waals surface area contributed by atoms with E-state index >= 15 is 0 Å². The van der Waals surface area contributed by atoms with Gasteiger partial charge in [-0.25, -0.2) is 4.79 Å². The molecule has 128 valence electrons. The Morgan fingerprint density at radius 3 is 2.38 bits per heavy atom. The van der Waals surface area contributed by atoms with Crippen molar-refractivity contribution >= 4 is 22.5 Å². The van der Waals surface area contributed by atoms with Crippen LogP contribution >= 0.6 is 0 Å². The number of anilines is 1. The molecule has 0 unspecified atom stereocenters. The van der Waals surface area contributed by atoms with E-state index in [0.29, 0.717) is 25.2 Å². The maximum Gasteiger partial charge on any atom is 0.322 e. The van der Waals surface area contributed by atoms with Gasteiger partial charge in [0.05, 0.1) is 0 Å². The van der Waals surface area contributed by atoms with E-state index in [1.165, 1.54) is 0 Å². The van der Waals surface area contributed by atoms with Crippen LogP contribution in [0, 0.1) is 0 Å². The Morgan fingerprint density at radius 1 is 1.12 bits per heavy atom. The zero-order valence-electron chi connectivity index (χ0n) is 13.6. The van der Waals surface area contributed by atoms with Gasteiger partial charge in [0.2, 0.25) is 0 Å². The number of carbonyl (C=O) groups excluding carboxylic acids is 1. The molecule has 0 bridgehead atoms. The molecular formula is C18H22N2O3S. The number of amides is 2. The van der Waals surface area contributed by atoms with Crippen LogP contribution in [0.3, 0.4) is 0 Å². The lowest BCUT2D eigenvalue weighted by Crippen LogP contribution is -2.35. The summed E-state index contributed by atoms with van der Waals surface area (Å²) in [7, 11) is -1.04. The topological polar surface area (TPSA) is 69.6 Å². The second-order valence-electron chi connectivity index (χ2n) is 5.39. The third-order valence-electron chi connectivity index (χ3n) is 3.53. The van der Waals surface area contributed by atoms with Gasteiger partial charge >= 0.3 is 6.03 Å². The summed E-state index contributed by atoms with van der Waals surface area (Å²) in [5, 5.41) is 11.9. The van der Waals surface area contributed by atoms with Crippen molar-refractivity contribution in [3.63, 3.8) is 0 Å². The van der Waals surface area contributed by atoms with Crippen LogP contribution < -0.4 is 5.32 Å². The summed E-state index contributed by atoms with van der Waals surface area (Å²) in [6, 6.07) is 16.4. The van der Waals surface area contributed by atoms with Crippen molar-refractivity contribution in [3.8, 4) is 0 Å². The molecule has 0 saturated carbocycles. The van der Waals surface area contributed by atoms with Crippen molar-refractivity contribution in [2.24, 2.45) is 0 Å². The van der Waals surface area contributed by atoms with Gasteiger partial charge in [0.15, 0.2) is 0 Å². The van der Waals surface area contributed by atoms with Gasteiger partial charge in [-0.1, -0.05) is 30.3 Å². The molecule has 2 aromatic rings. The van der Waals surface area contributed by atoms with Crippen molar-refractivity contribution in [1.29, 1.82) is 0 Å². The summed E-state index contributed by atoms with van der Waals surface area (Å²) in [5.74, 6) is 0. The van der Waals surface area contributed by atoms with E-state index in [1.54, 1.807) is 35.4 Å². The van der Waals surface area contributed by atoms with Crippen molar-refractivity contribution in [2.45, 2.75) is 17.9 Å². The minimum atomic E-state index is -1.04. The minimum Gasteiger partial charge on any atom is -0.396 e. The van der Waals surface area contributed by atoms with E-state index in [4.69, 9.17) is 5.11 Å². The number of aliphatic hydroxyl groups excluding tert-OH is 1. The Bertz CT molecular complexity index is 674. The normalized spacial score (nSPS) is 11.8. The molecule has 1 atom stereocenters. The van der Waals surface area contributed by atoms with E-state index in [-0.39, 0.29) is 12.6 Å². The van der Waals surface area contributed by atoms with Crippen LogP contribution in [0.5, 0.6) is 0 Å². The molecule has 24 heavy (non-hydrogen) atoms. The zero-order chi connectivity index (χ0) is 17.4. The first-order valence-corrected chi connectivity index (χ1v) is 9.30. The smallest absolute Gasteiger partial charge is 0.322 e. The highest BCUT2D eigenvalue weighted by Gasteiger charge is 2.14. The Hall–Kier alpha value is -2.18. The Morgan fingerprint density at radius 2 is 1.79 bits per heavy atom. The zero-order valence-corrected chi connectivity index (χ0v) is 14.5. The van der Waals surface area contributed by atoms with E-state index < -0.39 is 10.8 Å². The summed E-state index contributed by atoms with van der Waals surface area (Å²) in [6.45, 7) is 0.980. The largest absolute Gasteiger partial charge is 0.396 e. The predicted octanol–water partition coefficient (Wildman–Crippen LogP) is 2.84. The fourth-order valence-corrected chi connectivity index (χ4v) is 2.77. The summed E-state index contributed by atoms with van der Waals surface area (Å²) in [4.78, 5) is 14.9. The Balaban J connectivity index is 2.04. The second-order valence-corrected chi connectivity index (χ2v) is 6.77. The Kier molecular flexibility index (Phi) is 6.96. The van der Waals surface area contributed by atoms with Crippen molar-refractivity contribution < 1.29 is 14.1 Å². The van der Waals surface area contributed by atoms with E-state index in [0.717, 1.165) is 10.5 Å². The van der Waals surface area contributed by atoms with Gasteiger partial charge in [-0.05, 0) is 36.2 Å². The molecule has 0 aromatic heterocycles. The second kappa shape index (κ2) is 9.20. The third-order valence-corrected chi connectivity index (χ3v) is 4.46. The van der Waals surface area contributed by atoms with Gasteiger partial charge < -0.3 is 15.3 Å². The number of hydrogen-bond donors (Lipinski definition) is 2. The van der Waals surface area contributed by atoms with E-state index in [1.807, 2.05) is 30.3 Å². The van der Waals surface area contributed by atoms with Gasteiger partial charge in [0, 0.05) is 47.3 Å². The first-order valence-electron chi connectivity index (χ1n) is 7.74. The maximum atomic E-state index is 12.5. The fourth-order valence-electron chi connectivity index (χ4n) is 2.25. The van der Waals surface area contributed by atoms with Crippen LogP contribution in [-0.2, 0) is 17.3 Å². The van der Waals surface area contributed by atoms with Gasteiger partial charge in [-0.15, -0.1) is 0 Å². The third kappa shape index (κ3) is 5.47. The van der Waals surface area contributed by atoms with Crippen LogP contribution in [0.4, 0.5) is 10.5 Å². The number of nitrogens with zero attached hydrogens (tertiary/aromatic N) is 1. The van der Waals surface area contributed by atoms with Gasteiger partial charge in [0.1, 0.15) is 0 Å². The quantitative estimate of drug-likeness (QED) is 0.810. The van der Waals surface area contributed by atoms with Gasteiger partial charge in [-0.3, -0.25) is 4.21 Å². The summed E-state index contributed by atoms with van der Waals surface area (Å²) in [6.07, 6.45) is 2.14. The molecule has 2 amide bonds. The number of aliphatic hydroxyl groups is 1. The summed E-state index contributed by atoms with van der Waals surface area (Å²) >= 11 is 0. The standard InChI is InChI=1S/C18H22N2O3S/c1-24(23)17-10-8-16(9-11-17)19-18(22)20(12-5-13-21)14-15-6-3-2-4-7-15/h2-4,6-11,21H,5,12-14H2,1H3,(H,19,22)/t24-/m0/s1. The molecule has 0 spiro atoms. The molecular weight excluding hydrogens is 324 g/mol. The first-order chi connectivity index (χ1) is 11.6. The first kappa shape index (κ1) is 18.2. The number of nitrogens with one attached hydrogen (secondary N) is 1. The number of hydrogen-bond acceptors (Lipinski definition) is 3. The average Bonchev–Trinajstić information content (AvgIpc) is 2.60. The molecule has 2 aromatic carbocycles. The van der Waals surface area contributed by atoms with Gasteiger partial charge in [-0.2, -0.15) is 0 Å². The van der Waals surface area contributed by atoms with Crippen LogP contribution in [0.1, 0.15) is 12.0 Å². The summed E-state index contributed by atoms with van der Waals surface area (Å²) < 4.78 is 11.4. The lowest BCUT2D eigenvalue weighted by atomic mass is 10.2. The fraction of sp³-hybridized carbons (Fsp3) is 0.278. The highest BCUT2D eigenvalue weighted by atomic mass is 32.2. The highest BCUT2D eigenvalue weighted by molar-refractivity contribution is 7.84. The molecule has 2 N–H and O–H groups in total. The highest BCUT2D eigenvalue weighted by Crippen LogP contribution is 2.14. The number of carbonyl (C=O) groups is 1. The monoisotopic (exact) mass is 346 g/mol. The van der Waals surface area contributed by atoms with Crippen molar-refractivity contribution in [2.75, 3.05) is 24.7 Å². The average molecular weight is 346 g/mol. The molecule has 5 nitrogen and oxygen atoms in total. The minimum absolute atomic E-state index is 0.0373. The Labute approximate surface area is 144 Å².